The first-order chi connectivity index (χ1) is 14.5. The Kier molecular flexibility index (Phi) is 4.13. The summed E-state index contributed by atoms with van der Waals surface area (Å²) in [7, 11) is 0. The highest BCUT2D eigenvalue weighted by Crippen LogP contribution is 2.35. The zero-order valence-electron chi connectivity index (χ0n) is 16.4. The van der Waals surface area contributed by atoms with Crippen molar-refractivity contribution in [3.05, 3.63) is 66.5 Å². The van der Waals surface area contributed by atoms with Crippen molar-refractivity contribution in [2.75, 3.05) is 5.32 Å². The molecule has 0 bridgehead atoms. The fourth-order valence-corrected chi connectivity index (χ4v) is 3.79. The quantitative estimate of drug-likeness (QED) is 0.400. The van der Waals surface area contributed by atoms with Gasteiger partial charge in [-0.05, 0) is 55.3 Å². The maximum Gasteiger partial charge on any atom is 0.273 e. The second-order valence-electron chi connectivity index (χ2n) is 7.41. The van der Waals surface area contributed by atoms with E-state index in [0.717, 1.165) is 22.0 Å². The highest BCUT2D eigenvalue weighted by atomic mass is 19.1. The molecule has 1 amide bonds. The van der Waals surface area contributed by atoms with E-state index < -0.39 is 5.95 Å². The SMILES string of the molecule is CC(C)n1nccc1C(=O)Nc1cc(-c2cccc3[nH]ccc23)cc2n[nH]c(F)c12. The number of nitrogens with zero attached hydrogens (tertiary/aromatic N) is 3. The first-order valence-corrected chi connectivity index (χ1v) is 9.62. The number of amides is 1. The predicted octanol–water partition coefficient (Wildman–Crippen LogP) is 4.88. The summed E-state index contributed by atoms with van der Waals surface area (Å²) >= 11 is 0. The van der Waals surface area contributed by atoms with Crippen LogP contribution in [0.1, 0.15) is 30.4 Å². The minimum Gasteiger partial charge on any atom is -0.361 e. The second-order valence-corrected chi connectivity index (χ2v) is 7.41. The summed E-state index contributed by atoms with van der Waals surface area (Å²) in [6.45, 7) is 3.88. The van der Waals surface area contributed by atoms with Gasteiger partial charge in [-0.15, -0.1) is 0 Å². The van der Waals surface area contributed by atoms with Gasteiger partial charge in [0, 0.05) is 29.3 Å². The predicted molar refractivity (Wildman–Crippen MR) is 114 cm³/mol. The summed E-state index contributed by atoms with van der Waals surface area (Å²) in [6.07, 6.45) is 3.45. The van der Waals surface area contributed by atoms with Crippen LogP contribution in [0.25, 0.3) is 32.9 Å². The Hall–Kier alpha value is -3.94. The fraction of sp³-hybridized carbons (Fsp3) is 0.136. The summed E-state index contributed by atoms with van der Waals surface area (Å²) in [4.78, 5) is 16.2. The lowest BCUT2D eigenvalue weighted by molar-refractivity contribution is 0.101. The van der Waals surface area contributed by atoms with Gasteiger partial charge in [-0.2, -0.15) is 14.6 Å². The fourth-order valence-electron chi connectivity index (χ4n) is 3.79. The average molecular weight is 402 g/mol. The van der Waals surface area contributed by atoms with Gasteiger partial charge in [0.15, 0.2) is 0 Å². The molecule has 2 aromatic carbocycles. The molecule has 5 rings (SSSR count). The molecule has 0 aliphatic rings. The van der Waals surface area contributed by atoms with Crippen LogP contribution in [0.4, 0.5) is 10.1 Å². The van der Waals surface area contributed by atoms with Crippen LogP contribution < -0.4 is 5.32 Å². The Morgan fingerprint density at radius 3 is 2.90 bits per heavy atom. The van der Waals surface area contributed by atoms with Gasteiger partial charge in [-0.25, -0.2) is 0 Å². The molecule has 8 heteroatoms. The molecule has 30 heavy (non-hydrogen) atoms. The van der Waals surface area contributed by atoms with Crippen LogP contribution in [-0.4, -0.2) is 30.9 Å². The van der Waals surface area contributed by atoms with E-state index in [1.807, 2.05) is 50.4 Å². The molecule has 0 atom stereocenters. The van der Waals surface area contributed by atoms with Crippen LogP contribution in [0.3, 0.4) is 0 Å². The third-order valence-corrected chi connectivity index (χ3v) is 5.16. The first-order valence-electron chi connectivity index (χ1n) is 9.62. The number of anilines is 1. The van der Waals surface area contributed by atoms with Crippen molar-refractivity contribution in [2.45, 2.75) is 19.9 Å². The van der Waals surface area contributed by atoms with Crippen molar-refractivity contribution in [1.29, 1.82) is 0 Å². The maximum atomic E-state index is 14.5. The normalized spacial score (nSPS) is 11.6. The minimum atomic E-state index is -0.593. The number of hydrogen-bond donors (Lipinski definition) is 3. The van der Waals surface area contributed by atoms with E-state index in [1.54, 1.807) is 23.0 Å². The molecule has 0 aliphatic carbocycles. The lowest BCUT2D eigenvalue weighted by atomic mass is 9.99. The Morgan fingerprint density at radius 2 is 2.07 bits per heavy atom. The Balaban J connectivity index is 1.64. The van der Waals surface area contributed by atoms with Gasteiger partial charge in [0.2, 0.25) is 5.95 Å². The average Bonchev–Trinajstić information content (AvgIpc) is 3.47. The molecule has 3 aromatic heterocycles. The number of carbonyl (C=O) groups is 1. The van der Waals surface area contributed by atoms with Gasteiger partial charge in [-0.1, -0.05) is 12.1 Å². The molecule has 0 saturated heterocycles. The number of hydrogen-bond acceptors (Lipinski definition) is 3. The van der Waals surface area contributed by atoms with E-state index in [1.165, 1.54) is 0 Å². The maximum absolute atomic E-state index is 14.5. The van der Waals surface area contributed by atoms with E-state index in [2.05, 4.69) is 25.6 Å². The third kappa shape index (κ3) is 2.85. The summed E-state index contributed by atoms with van der Waals surface area (Å²) < 4.78 is 16.1. The summed E-state index contributed by atoms with van der Waals surface area (Å²) in [6, 6.07) is 13.2. The number of fused-ring (bicyclic) bond motifs is 2. The molecule has 150 valence electrons. The van der Waals surface area contributed by atoms with E-state index in [4.69, 9.17) is 0 Å². The van der Waals surface area contributed by atoms with Crippen LogP contribution in [0.15, 0.2) is 54.9 Å². The smallest absolute Gasteiger partial charge is 0.273 e. The monoisotopic (exact) mass is 402 g/mol. The molecule has 0 unspecified atom stereocenters. The highest BCUT2D eigenvalue weighted by Gasteiger charge is 2.19. The van der Waals surface area contributed by atoms with Crippen molar-refractivity contribution in [1.82, 2.24) is 25.0 Å². The largest absolute Gasteiger partial charge is 0.361 e. The van der Waals surface area contributed by atoms with Crippen molar-refractivity contribution >= 4 is 33.4 Å². The lowest BCUT2D eigenvalue weighted by Crippen LogP contribution is -2.19. The number of H-pyrrole nitrogens is 2. The van der Waals surface area contributed by atoms with Crippen LogP contribution in [0, 0.1) is 5.95 Å². The summed E-state index contributed by atoms with van der Waals surface area (Å²) in [5.74, 6) is -0.954. The Morgan fingerprint density at radius 1 is 1.20 bits per heavy atom. The number of aromatic amines is 2. The van der Waals surface area contributed by atoms with Crippen molar-refractivity contribution in [3.63, 3.8) is 0 Å². The number of aromatic nitrogens is 5. The van der Waals surface area contributed by atoms with Crippen molar-refractivity contribution < 1.29 is 9.18 Å². The van der Waals surface area contributed by atoms with E-state index in [-0.39, 0.29) is 17.3 Å². The second kappa shape index (κ2) is 6.84. The number of nitrogens with one attached hydrogen (secondary N) is 3. The molecule has 0 radical (unpaired) electrons. The molecular weight excluding hydrogens is 383 g/mol. The van der Waals surface area contributed by atoms with Gasteiger partial charge in [-0.3, -0.25) is 14.6 Å². The van der Waals surface area contributed by atoms with Crippen LogP contribution in [0.2, 0.25) is 0 Å². The van der Waals surface area contributed by atoms with E-state index in [0.29, 0.717) is 16.9 Å². The molecule has 3 N–H and O–H groups in total. The van der Waals surface area contributed by atoms with Gasteiger partial charge >= 0.3 is 0 Å². The summed E-state index contributed by atoms with van der Waals surface area (Å²) in [5.41, 5.74) is 3.97. The van der Waals surface area contributed by atoms with Crippen molar-refractivity contribution in [2.24, 2.45) is 0 Å². The molecule has 0 fully saturated rings. The first kappa shape index (κ1) is 18.1. The standard InChI is InChI=1S/C22H19FN6O/c1-12(2)29-19(7-9-25-29)22(30)26-17-10-13(11-18-20(17)21(23)28-27-18)14-4-3-5-16-15(14)6-8-24-16/h3-12,24H,1-2H3,(H,26,30)(H,27,28). The van der Waals surface area contributed by atoms with Crippen LogP contribution in [0.5, 0.6) is 0 Å². The molecular formula is C22H19FN6O. The zero-order valence-corrected chi connectivity index (χ0v) is 16.4. The Bertz CT molecular complexity index is 1390. The molecule has 0 spiro atoms. The summed E-state index contributed by atoms with van der Waals surface area (Å²) in [5, 5.41) is 14.8. The third-order valence-electron chi connectivity index (χ3n) is 5.16. The highest BCUT2D eigenvalue weighted by molar-refractivity contribution is 6.09. The van der Waals surface area contributed by atoms with Crippen molar-refractivity contribution in [3.8, 4) is 11.1 Å². The van der Waals surface area contributed by atoms with E-state index >= 15 is 0 Å². The molecule has 0 saturated carbocycles. The van der Waals surface area contributed by atoms with Gasteiger partial charge in [0.25, 0.3) is 5.91 Å². The Labute approximate surface area is 170 Å². The van der Waals surface area contributed by atoms with Crippen LogP contribution >= 0.6 is 0 Å². The molecule has 3 heterocycles. The zero-order chi connectivity index (χ0) is 20.8. The topological polar surface area (TPSA) is 91.4 Å². The lowest BCUT2D eigenvalue weighted by Gasteiger charge is -2.13. The number of benzene rings is 2. The number of carbonyl (C=O) groups excluding carboxylic acids is 1. The molecule has 0 aliphatic heterocycles. The van der Waals surface area contributed by atoms with Gasteiger partial charge < -0.3 is 10.3 Å². The molecule has 7 nitrogen and oxygen atoms in total. The van der Waals surface area contributed by atoms with Gasteiger partial charge in [0.1, 0.15) is 5.69 Å². The van der Waals surface area contributed by atoms with Gasteiger partial charge in [0.05, 0.1) is 16.6 Å². The number of halogens is 1. The van der Waals surface area contributed by atoms with E-state index in [9.17, 15) is 9.18 Å². The number of rotatable bonds is 4. The van der Waals surface area contributed by atoms with Crippen LogP contribution in [-0.2, 0) is 0 Å². The minimum absolute atomic E-state index is 0.0176. The molecule has 5 aromatic rings.